The molecule has 1 N–H and O–H groups in total. The van der Waals surface area contributed by atoms with Crippen molar-refractivity contribution in [3.63, 3.8) is 0 Å². The van der Waals surface area contributed by atoms with Crippen LogP contribution in [-0.4, -0.2) is 36.7 Å². The Labute approximate surface area is 130 Å². The minimum Gasteiger partial charge on any atom is -0.380 e. The number of hydrogen-bond donors (Lipinski definition) is 1. The molecular weight excluding hydrogens is 260 g/mol. The van der Waals surface area contributed by atoms with Crippen molar-refractivity contribution in [1.29, 1.82) is 0 Å². The van der Waals surface area contributed by atoms with Crippen molar-refractivity contribution in [2.45, 2.75) is 53.2 Å². The summed E-state index contributed by atoms with van der Waals surface area (Å²) < 4.78 is 5.44. The maximum atomic E-state index is 5.44. The lowest BCUT2D eigenvalue weighted by Gasteiger charge is -2.21. The quantitative estimate of drug-likeness (QED) is 0.706. The van der Waals surface area contributed by atoms with E-state index in [9.17, 15) is 0 Å². The van der Waals surface area contributed by atoms with Crippen LogP contribution in [0.5, 0.6) is 0 Å². The van der Waals surface area contributed by atoms with Crippen LogP contribution >= 0.6 is 0 Å². The molecule has 0 amide bonds. The van der Waals surface area contributed by atoms with Gasteiger partial charge in [0.2, 0.25) is 0 Å². The molecule has 120 valence electrons. The van der Waals surface area contributed by atoms with Crippen LogP contribution in [0.25, 0.3) is 0 Å². The summed E-state index contributed by atoms with van der Waals surface area (Å²) in [5.74, 6) is 0. The first-order chi connectivity index (χ1) is 9.94. The van der Waals surface area contributed by atoms with Gasteiger partial charge in [-0.1, -0.05) is 31.2 Å². The molecule has 0 saturated carbocycles. The van der Waals surface area contributed by atoms with Gasteiger partial charge >= 0.3 is 0 Å². The molecule has 21 heavy (non-hydrogen) atoms. The molecule has 0 fully saturated rings. The van der Waals surface area contributed by atoms with E-state index in [1.807, 2.05) is 6.92 Å². The maximum absolute atomic E-state index is 5.44. The van der Waals surface area contributed by atoms with E-state index in [2.05, 4.69) is 62.2 Å². The summed E-state index contributed by atoms with van der Waals surface area (Å²) in [7, 11) is 0. The van der Waals surface area contributed by atoms with E-state index in [4.69, 9.17) is 4.74 Å². The number of hydrogen-bond acceptors (Lipinski definition) is 3. The molecule has 0 atom stereocenters. The maximum Gasteiger partial charge on any atom is 0.0593 e. The van der Waals surface area contributed by atoms with E-state index >= 15 is 0 Å². The third kappa shape index (κ3) is 8.20. The summed E-state index contributed by atoms with van der Waals surface area (Å²) in [5, 5.41) is 3.52. The third-order valence-corrected chi connectivity index (χ3v) is 3.46. The minimum absolute atomic E-state index is 0.164. The monoisotopic (exact) mass is 292 g/mol. The highest BCUT2D eigenvalue weighted by atomic mass is 16.5. The van der Waals surface area contributed by atoms with E-state index in [0.29, 0.717) is 0 Å². The van der Waals surface area contributed by atoms with E-state index < -0.39 is 0 Å². The molecule has 0 heterocycles. The first kappa shape index (κ1) is 18.1. The van der Waals surface area contributed by atoms with Gasteiger partial charge in [-0.05, 0) is 45.4 Å². The Hall–Kier alpha value is -0.900. The summed E-state index contributed by atoms with van der Waals surface area (Å²) >= 11 is 0. The Bertz CT molecular complexity index is 381. The third-order valence-electron chi connectivity index (χ3n) is 3.46. The average molecular weight is 292 g/mol. The van der Waals surface area contributed by atoms with Crippen molar-refractivity contribution in [3.05, 3.63) is 35.4 Å². The number of benzene rings is 1. The van der Waals surface area contributed by atoms with Gasteiger partial charge in [0, 0.05) is 31.8 Å². The highest BCUT2D eigenvalue weighted by Gasteiger charge is 2.08. The van der Waals surface area contributed by atoms with Gasteiger partial charge in [0.05, 0.1) is 6.61 Å². The van der Waals surface area contributed by atoms with Crippen LogP contribution in [0, 0.1) is 0 Å². The summed E-state index contributed by atoms with van der Waals surface area (Å²) in [5.41, 5.74) is 2.87. The van der Waals surface area contributed by atoms with Gasteiger partial charge in [0.1, 0.15) is 0 Å². The average Bonchev–Trinajstić information content (AvgIpc) is 2.45. The van der Waals surface area contributed by atoms with Crippen LogP contribution in [0.2, 0.25) is 0 Å². The van der Waals surface area contributed by atoms with Crippen LogP contribution in [0.4, 0.5) is 0 Å². The molecule has 0 aliphatic rings. The number of ether oxygens (including phenoxy) is 1. The van der Waals surface area contributed by atoms with Crippen molar-refractivity contribution in [1.82, 2.24) is 10.2 Å². The fraction of sp³-hybridized carbons (Fsp3) is 0.667. The molecule has 0 radical (unpaired) electrons. The predicted molar refractivity (Wildman–Crippen MR) is 90.5 cm³/mol. The highest BCUT2D eigenvalue weighted by molar-refractivity contribution is 5.22. The Morgan fingerprint density at radius 2 is 1.67 bits per heavy atom. The molecular formula is C18H32N2O. The first-order valence-corrected chi connectivity index (χ1v) is 8.07. The first-order valence-electron chi connectivity index (χ1n) is 8.07. The zero-order valence-electron chi connectivity index (χ0n) is 14.4. The molecule has 3 heteroatoms. The molecule has 0 saturated heterocycles. The molecule has 1 rings (SSSR count). The minimum atomic E-state index is 0.164. The molecule has 0 spiro atoms. The zero-order valence-corrected chi connectivity index (χ0v) is 14.4. The lowest BCUT2D eigenvalue weighted by Crippen LogP contribution is -2.35. The van der Waals surface area contributed by atoms with Crippen molar-refractivity contribution >= 4 is 0 Å². The molecule has 0 bridgehead atoms. The predicted octanol–water partition coefficient (Wildman–Crippen LogP) is 3.43. The smallest absolute Gasteiger partial charge is 0.0593 e. The topological polar surface area (TPSA) is 24.5 Å². The van der Waals surface area contributed by atoms with Gasteiger partial charge in [-0.2, -0.15) is 0 Å². The highest BCUT2D eigenvalue weighted by Crippen LogP contribution is 2.09. The normalized spacial score (nSPS) is 12.1. The molecule has 3 nitrogen and oxygen atoms in total. The standard InChI is InChI=1S/C18H32N2O/c1-6-20(12-13-21-7-2)15-17-10-8-16(9-11-17)14-19-18(3,4)5/h8-11,19H,6-7,12-15H2,1-5H3. The Morgan fingerprint density at radius 1 is 1.05 bits per heavy atom. The summed E-state index contributed by atoms with van der Waals surface area (Å²) in [6.45, 7) is 16.4. The van der Waals surface area contributed by atoms with E-state index in [-0.39, 0.29) is 5.54 Å². The SMILES string of the molecule is CCOCCN(CC)Cc1ccc(CNC(C)(C)C)cc1. The van der Waals surface area contributed by atoms with Crippen LogP contribution in [0.1, 0.15) is 45.7 Å². The summed E-state index contributed by atoms with van der Waals surface area (Å²) in [6, 6.07) is 8.93. The van der Waals surface area contributed by atoms with Gasteiger partial charge in [-0.3, -0.25) is 4.90 Å². The lowest BCUT2D eigenvalue weighted by atomic mass is 10.1. The number of nitrogens with zero attached hydrogens (tertiary/aromatic N) is 1. The molecule has 0 aliphatic carbocycles. The van der Waals surface area contributed by atoms with E-state index in [0.717, 1.165) is 39.4 Å². The fourth-order valence-electron chi connectivity index (χ4n) is 2.07. The van der Waals surface area contributed by atoms with Crippen molar-refractivity contribution in [2.75, 3.05) is 26.3 Å². The molecule has 0 aromatic heterocycles. The molecule has 0 unspecified atom stereocenters. The number of rotatable bonds is 9. The fourth-order valence-corrected chi connectivity index (χ4v) is 2.07. The Morgan fingerprint density at radius 3 is 2.19 bits per heavy atom. The second kappa shape index (κ2) is 9.19. The largest absolute Gasteiger partial charge is 0.380 e. The second-order valence-electron chi connectivity index (χ2n) is 6.49. The lowest BCUT2D eigenvalue weighted by molar-refractivity contribution is 0.113. The van der Waals surface area contributed by atoms with Gasteiger partial charge in [0.25, 0.3) is 0 Å². The number of nitrogens with one attached hydrogen (secondary N) is 1. The van der Waals surface area contributed by atoms with Crippen LogP contribution in [-0.2, 0) is 17.8 Å². The van der Waals surface area contributed by atoms with Crippen LogP contribution in [0.15, 0.2) is 24.3 Å². The van der Waals surface area contributed by atoms with Crippen molar-refractivity contribution in [2.24, 2.45) is 0 Å². The summed E-state index contributed by atoms with van der Waals surface area (Å²) in [6.07, 6.45) is 0. The van der Waals surface area contributed by atoms with E-state index in [1.54, 1.807) is 0 Å². The molecule has 1 aromatic carbocycles. The zero-order chi connectivity index (χ0) is 15.7. The second-order valence-corrected chi connectivity index (χ2v) is 6.49. The Kier molecular flexibility index (Phi) is 7.94. The van der Waals surface area contributed by atoms with Gasteiger partial charge in [-0.15, -0.1) is 0 Å². The van der Waals surface area contributed by atoms with Gasteiger partial charge in [0.15, 0.2) is 0 Å². The van der Waals surface area contributed by atoms with Crippen molar-refractivity contribution in [3.8, 4) is 0 Å². The number of likely N-dealkylation sites (N-methyl/N-ethyl adjacent to an activating group) is 1. The van der Waals surface area contributed by atoms with Crippen LogP contribution in [0.3, 0.4) is 0 Å². The van der Waals surface area contributed by atoms with Crippen molar-refractivity contribution < 1.29 is 4.74 Å². The summed E-state index contributed by atoms with van der Waals surface area (Å²) in [4.78, 5) is 2.41. The van der Waals surface area contributed by atoms with Gasteiger partial charge in [-0.25, -0.2) is 0 Å². The Balaban J connectivity index is 2.45. The van der Waals surface area contributed by atoms with Gasteiger partial charge < -0.3 is 10.1 Å². The van der Waals surface area contributed by atoms with Crippen LogP contribution < -0.4 is 5.32 Å². The molecule has 1 aromatic rings. The van der Waals surface area contributed by atoms with E-state index in [1.165, 1.54) is 11.1 Å². The molecule has 0 aliphatic heterocycles.